The second-order valence-electron chi connectivity index (χ2n) is 3.39. The van der Waals surface area contributed by atoms with E-state index < -0.39 is 15.8 Å². The predicted molar refractivity (Wildman–Crippen MR) is 64.8 cm³/mol. The van der Waals surface area contributed by atoms with E-state index in [1.165, 1.54) is 0 Å². The van der Waals surface area contributed by atoms with Gasteiger partial charge in [-0.15, -0.1) is 0 Å². The van der Waals surface area contributed by atoms with Crippen LogP contribution in [0, 0.1) is 11.3 Å². The molecular weight excluding hydrogens is 238 g/mol. The smallest absolute Gasteiger partial charge is 0.246 e. The van der Waals surface area contributed by atoms with Crippen LogP contribution in [-0.2, 0) is 10.0 Å². The first-order valence-electron chi connectivity index (χ1n) is 4.83. The third-order valence-electron chi connectivity index (χ3n) is 2.17. The summed E-state index contributed by atoms with van der Waals surface area (Å²) in [6.45, 7) is 0. The van der Waals surface area contributed by atoms with Crippen LogP contribution in [0.3, 0.4) is 0 Å². The third kappa shape index (κ3) is 2.52. The molecular formula is C11H9N3O2S. The molecule has 1 aromatic heterocycles. The van der Waals surface area contributed by atoms with E-state index in [9.17, 15) is 8.42 Å². The molecule has 6 heteroatoms. The molecule has 0 aliphatic carbocycles. The summed E-state index contributed by atoms with van der Waals surface area (Å²) in [5.41, 5.74) is 1.13. The first kappa shape index (κ1) is 11.4. The summed E-state index contributed by atoms with van der Waals surface area (Å²) in [7, 11) is -3.62. The van der Waals surface area contributed by atoms with E-state index in [4.69, 9.17) is 5.26 Å². The van der Waals surface area contributed by atoms with Crippen LogP contribution in [0.15, 0.2) is 36.5 Å². The topological polar surface area (TPSA) is 82.8 Å². The molecule has 86 valence electrons. The van der Waals surface area contributed by atoms with E-state index in [0.717, 1.165) is 0 Å². The van der Waals surface area contributed by atoms with Crippen molar-refractivity contribution in [3.63, 3.8) is 0 Å². The molecule has 0 saturated carbocycles. The lowest BCUT2D eigenvalue weighted by Crippen LogP contribution is -2.15. The lowest BCUT2D eigenvalue weighted by Gasteiger charge is -2.07. The van der Waals surface area contributed by atoms with E-state index in [-0.39, 0.29) is 0 Å². The Balaban J connectivity index is 2.47. The normalized spacial score (nSPS) is 11.0. The van der Waals surface area contributed by atoms with Crippen molar-refractivity contribution in [1.29, 1.82) is 5.26 Å². The number of hydrogen-bond donors (Lipinski definition) is 1. The second-order valence-corrected chi connectivity index (χ2v) is 5.12. The van der Waals surface area contributed by atoms with Crippen LogP contribution in [-0.4, -0.2) is 19.2 Å². The average molecular weight is 247 g/mol. The Morgan fingerprint density at radius 3 is 2.88 bits per heavy atom. The van der Waals surface area contributed by atoms with Gasteiger partial charge in [-0.1, -0.05) is 6.07 Å². The van der Waals surface area contributed by atoms with Gasteiger partial charge in [0.15, 0.2) is 5.75 Å². The lowest BCUT2D eigenvalue weighted by molar-refractivity contribution is 0.604. The molecule has 0 bridgehead atoms. The summed E-state index contributed by atoms with van der Waals surface area (Å²) in [6.07, 6.45) is 1.63. The largest absolute Gasteiger partial charge is 0.282 e. The summed E-state index contributed by atoms with van der Waals surface area (Å²) in [5, 5.41) is 9.12. The number of aromatic nitrogens is 1. The highest BCUT2D eigenvalue weighted by Crippen LogP contribution is 2.22. The van der Waals surface area contributed by atoms with Crippen molar-refractivity contribution >= 4 is 26.6 Å². The van der Waals surface area contributed by atoms with Crippen LogP contribution in [0.2, 0.25) is 0 Å². The minimum atomic E-state index is -3.62. The number of nitrogens with zero attached hydrogens (tertiary/aromatic N) is 2. The Morgan fingerprint density at radius 2 is 2.12 bits per heavy atom. The fraction of sp³-hybridized carbons (Fsp3) is 0.0909. The second kappa shape index (κ2) is 4.39. The number of fused-ring (bicyclic) bond motifs is 1. The van der Waals surface area contributed by atoms with Gasteiger partial charge < -0.3 is 0 Å². The molecule has 2 aromatic rings. The van der Waals surface area contributed by atoms with Gasteiger partial charge in [0, 0.05) is 11.6 Å². The van der Waals surface area contributed by atoms with Gasteiger partial charge in [0.2, 0.25) is 10.0 Å². The van der Waals surface area contributed by atoms with Crippen LogP contribution in [0.5, 0.6) is 0 Å². The molecule has 0 aliphatic heterocycles. The Kier molecular flexibility index (Phi) is 2.93. The molecule has 5 nitrogen and oxygen atoms in total. The van der Waals surface area contributed by atoms with Crippen molar-refractivity contribution in [3.05, 3.63) is 36.5 Å². The van der Waals surface area contributed by atoms with Crippen molar-refractivity contribution in [2.45, 2.75) is 0 Å². The van der Waals surface area contributed by atoms with E-state index in [1.54, 1.807) is 42.6 Å². The van der Waals surface area contributed by atoms with Gasteiger partial charge in [0.05, 0.1) is 17.3 Å². The summed E-state index contributed by atoms with van der Waals surface area (Å²) < 4.78 is 25.4. The van der Waals surface area contributed by atoms with Crippen LogP contribution in [0.25, 0.3) is 10.9 Å². The summed E-state index contributed by atoms with van der Waals surface area (Å²) in [4.78, 5) is 4.12. The molecule has 0 radical (unpaired) electrons. The van der Waals surface area contributed by atoms with Crippen LogP contribution < -0.4 is 4.72 Å². The molecule has 1 heterocycles. The van der Waals surface area contributed by atoms with Gasteiger partial charge >= 0.3 is 0 Å². The fourth-order valence-electron chi connectivity index (χ4n) is 1.48. The minimum absolute atomic E-state index is 0.436. The third-order valence-corrected chi connectivity index (χ3v) is 3.21. The maximum Gasteiger partial charge on any atom is 0.246 e. The summed E-state index contributed by atoms with van der Waals surface area (Å²) in [6, 6.07) is 10.2. The molecule has 0 atom stereocenters. The highest BCUT2D eigenvalue weighted by atomic mass is 32.2. The van der Waals surface area contributed by atoms with Crippen molar-refractivity contribution in [1.82, 2.24) is 4.98 Å². The lowest BCUT2D eigenvalue weighted by atomic mass is 10.2. The number of hydrogen-bond acceptors (Lipinski definition) is 4. The molecule has 17 heavy (non-hydrogen) atoms. The highest BCUT2D eigenvalue weighted by Gasteiger charge is 2.11. The molecule has 2 rings (SSSR count). The summed E-state index contributed by atoms with van der Waals surface area (Å²) >= 11 is 0. The van der Waals surface area contributed by atoms with Gasteiger partial charge in [0.25, 0.3) is 0 Å². The monoisotopic (exact) mass is 247 g/mol. The van der Waals surface area contributed by atoms with Crippen molar-refractivity contribution < 1.29 is 8.42 Å². The maximum atomic E-state index is 11.5. The van der Waals surface area contributed by atoms with E-state index in [2.05, 4.69) is 9.71 Å². The molecule has 0 amide bonds. The molecule has 0 aliphatic rings. The van der Waals surface area contributed by atoms with Crippen LogP contribution in [0.1, 0.15) is 0 Å². The van der Waals surface area contributed by atoms with Gasteiger partial charge in [-0.25, -0.2) is 8.42 Å². The number of pyridine rings is 1. The zero-order chi connectivity index (χ0) is 12.3. The Morgan fingerprint density at radius 1 is 1.29 bits per heavy atom. The standard InChI is InChI=1S/C11H9N3O2S/c12-6-8-17(15,16)14-11-5-1-4-10-9(11)3-2-7-13-10/h1-5,7,14H,8H2. The number of anilines is 1. The molecule has 0 spiro atoms. The van der Waals surface area contributed by atoms with E-state index in [1.807, 2.05) is 0 Å². The zero-order valence-electron chi connectivity index (χ0n) is 8.79. The maximum absolute atomic E-state index is 11.5. The quantitative estimate of drug-likeness (QED) is 0.890. The number of nitrogens with one attached hydrogen (secondary N) is 1. The van der Waals surface area contributed by atoms with Crippen LogP contribution in [0.4, 0.5) is 5.69 Å². The molecule has 0 fully saturated rings. The van der Waals surface area contributed by atoms with Crippen molar-refractivity contribution in [2.24, 2.45) is 0 Å². The van der Waals surface area contributed by atoms with Crippen molar-refractivity contribution in [2.75, 3.05) is 10.5 Å². The minimum Gasteiger partial charge on any atom is -0.282 e. The number of sulfonamides is 1. The van der Waals surface area contributed by atoms with Gasteiger partial charge in [-0.05, 0) is 24.3 Å². The van der Waals surface area contributed by atoms with E-state index in [0.29, 0.717) is 16.6 Å². The number of rotatable bonds is 3. The van der Waals surface area contributed by atoms with Gasteiger partial charge in [-0.3, -0.25) is 9.71 Å². The SMILES string of the molecule is N#CCS(=O)(=O)Nc1cccc2ncccc12. The molecule has 0 saturated heterocycles. The Hall–Kier alpha value is -2.13. The first-order valence-corrected chi connectivity index (χ1v) is 6.49. The highest BCUT2D eigenvalue weighted by molar-refractivity contribution is 7.92. The molecule has 0 unspecified atom stereocenters. The fourth-order valence-corrected chi connectivity index (χ4v) is 2.24. The van der Waals surface area contributed by atoms with Crippen LogP contribution >= 0.6 is 0 Å². The first-order chi connectivity index (χ1) is 8.12. The Bertz CT molecular complexity index is 684. The van der Waals surface area contributed by atoms with Gasteiger partial charge in [0.1, 0.15) is 0 Å². The average Bonchev–Trinajstić information content (AvgIpc) is 2.29. The molecule has 1 aromatic carbocycles. The van der Waals surface area contributed by atoms with E-state index >= 15 is 0 Å². The summed E-state index contributed by atoms with van der Waals surface area (Å²) in [5.74, 6) is -0.566. The predicted octanol–water partition coefficient (Wildman–Crippen LogP) is 1.50. The molecule has 1 N–H and O–H groups in total. The zero-order valence-corrected chi connectivity index (χ0v) is 9.61. The van der Waals surface area contributed by atoms with Gasteiger partial charge in [-0.2, -0.15) is 5.26 Å². The Labute approximate surface area is 98.8 Å². The number of nitriles is 1. The van der Waals surface area contributed by atoms with Crippen molar-refractivity contribution in [3.8, 4) is 6.07 Å². The number of benzene rings is 1.